The second-order valence-electron chi connectivity index (χ2n) is 1.99. The topological polar surface area (TPSA) is 26.0 Å². The van der Waals surface area contributed by atoms with Crippen molar-refractivity contribution in [1.29, 1.82) is 0 Å². The molecular formula is C7H5Cl2NS. The summed E-state index contributed by atoms with van der Waals surface area (Å²) in [6.07, 6.45) is 0. The second-order valence-corrected chi connectivity index (χ2v) is 3.27. The molecule has 11 heavy (non-hydrogen) atoms. The van der Waals surface area contributed by atoms with Gasteiger partial charge in [0, 0.05) is 10.6 Å². The Bertz CT molecular complexity index is 298. The zero-order valence-corrected chi connectivity index (χ0v) is 7.80. The third-order valence-corrected chi connectivity index (χ3v) is 1.98. The summed E-state index contributed by atoms with van der Waals surface area (Å²) in [5.41, 5.74) is 5.99. The fourth-order valence-electron chi connectivity index (χ4n) is 0.686. The normalized spacial score (nSPS) is 9.64. The van der Waals surface area contributed by atoms with Crippen LogP contribution >= 0.6 is 35.4 Å². The maximum Gasteiger partial charge on any atom is 0.105 e. The minimum Gasteiger partial charge on any atom is -0.389 e. The van der Waals surface area contributed by atoms with Gasteiger partial charge in [-0.05, 0) is 18.2 Å². The van der Waals surface area contributed by atoms with E-state index in [1.54, 1.807) is 18.2 Å². The van der Waals surface area contributed by atoms with E-state index in [0.717, 1.165) is 0 Å². The van der Waals surface area contributed by atoms with E-state index < -0.39 is 0 Å². The molecule has 0 aliphatic heterocycles. The summed E-state index contributed by atoms with van der Waals surface area (Å²) in [5, 5.41) is 1.11. The highest BCUT2D eigenvalue weighted by atomic mass is 35.5. The largest absolute Gasteiger partial charge is 0.389 e. The molecule has 4 heteroatoms. The molecule has 0 unspecified atom stereocenters. The van der Waals surface area contributed by atoms with Gasteiger partial charge in [-0.3, -0.25) is 0 Å². The van der Waals surface area contributed by atoms with Crippen LogP contribution in [-0.2, 0) is 0 Å². The first kappa shape index (κ1) is 8.78. The van der Waals surface area contributed by atoms with Crippen molar-refractivity contribution in [3.63, 3.8) is 0 Å². The third kappa shape index (κ3) is 2.06. The number of rotatable bonds is 1. The summed E-state index contributed by atoms with van der Waals surface area (Å²) in [5.74, 6) is 0. The first-order chi connectivity index (χ1) is 5.11. The smallest absolute Gasteiger partial charge is 0.105 e. The number of thiocarbonyl (C=S) groups is 1. The van der Waals surface area contributed by atoms with E-state index in [2.05, 4.69) is 0 Å². The Morgan fingerprint density at radius 2 is 2.00 bits per heavy atom. The van der Waals surface area contributed by atoms with Crippen molar-refractivity contribution < 1.29 is 0 Å². The highest BCUT2D eigenvalue weighted by Gasteiger charge is 2.02. The highest BCUT2D eigenvalue weighted by molar-refractivity contribution is 7.80. The predicted molar refractivity (Wildman–Crippen MR) is 52.3 cm³/mol. The number of halogens is 2. The molecule has 0 saturated heterocycles. The molecule has 0 aliphatic rings. The maximum atomic E-state index is 5.77. The van der Waals surface area contributed by atoms with Crippen LogP contribution in [0, 0.1) is 0 Å². The lowest BCUT2D eigenvalue weighted by Crippen LogP contribution is -2.09. The van der Waals surface area contributed by atoms with E-state index in [-0.39, 0.29) is 4.99 Å². The summed E-state index contributed by atoms with van der Waals surface area (Å²) in [6.45, 7) is 0. The summed E-state index contributed by atoms with van der Waals surface area (Å²) in [6, 6.07) is 5.00. The molecule has 0 fully saturated rings. The molecule has 1 rings (SSSR count). The van der Waals surface area contributed by atoms with Gasteiger partial charge < -0.3 is 5.73 Å². The Labute approximate surface area is 80.1 Å². The van der Waals surface area contributed by atoms with Crippen LogP contribution in [0.4, 0.5) is 0 Å². The minimum atomic E-state index is 0.262. The molecule has 1 nitrogen and oxygen atoms in total. The molecule has 0 heterocycles. The lowest BCUT2D eigenvalue weighted by Gasteiger charge is -2.00. The molecular weight excluding hydrogens is 201 g/mol. The molecule has 0 amide bonds. The van der Waals surface area contributed by atoms with Crippen molar-refractivity contribution in [2.24, 2.45) is 5.73 Å². The van der Waals surface area contributed by atoms with E-state index in [1.165, 1.54) is 0 Å². The lowest BCUT2D eigenvalue weighted by atomic mass is 10.2. The average Bonchev–Trinajstić information content (AvgIpc) is 1.94. The minimum absolute atomic E-state index is 0.262. The summed E-state index contributed by atoms with van der Waals surface area (Å²) >= 11 is 16.2. The van der Waals surface area contributed by atoms with Gasteiger partial charge in [-0.1, -0.05) is 35.4 Å². The number of hydrogen-bond donors (Lipinski definition) is 1. The van der Waals surface area contributed by atoms with Gasteiger partial charge in [0.2, 0.25) is 0 Å². The van der Waals surface area contributed by atoms with Crippen molar-refractivity contribution in [3.05, 3.63) is 33.8 Å². The quantitative estimate of drug-likeness (QED) is 0.714. The first-order valence-electron chi connectivity index (χ1n) is 2.86. The molecule has 1 aromatic rings. The van der Waals surface area contributed by atoms with Crippen molar-refractivity contribution in [2.75, 3.05) is 0 Å². The Hall–Kier alpha value is -0.310. The van der Waals surface area contributed by atoms with E-state index in [4.69, 9.17) is 41.2 Å². The number of nitrogens with two attached hydrogens (primary N) is 1. The van der Waals surface area contributed by atoms with Crippen molar-refractivity contribution in [3.8, 4) is 0 Å². The van der Waals surface area contributed by atoms with Gasteiger partial charge in [-0.2, -0.15) is 0 Å². The van der Waals surface area contributed by atoms with Gasteiger partial charge >= 0.3 is 0 Å². The molecule has 0 bridgehead atoms. The van der Waals surface area contributed by atoms with Gasteiger partial charge in [-0.25, -0.2) is 0 Å². The van der Waals surface area contributed by atoms with Crippen LogP contribution in [0.3, 0.4) is 0 Å². The predicted octanol–water partition coefficient (Wildman–Crippen LogP) is 2.63. The summed E-state index contributed by atoms with van der Waals surface area (Å²) in [4.78, 5) is 0.262. The van der Waals surface area contributed by atoms with Gasteiger partial charge in [-0.15, -0.1) is 0 Å². The fraction of sp³-hybridized carbons (Fsp3) is 0. The molecule has 0 atom stereocenters. The van der Waals surface area contributed by atoms with E-state index in [9.17, 15) is 0 Å². The summed E-state index contributed by atoms with van der Waals surface area (Å²) in [7, 11) is 0. The Morgan fingerprint density at radius 1 is 1.36 bits per heavy atom. The van der Waals surface area contributed by atoms with E-state index >= 15 is 0 Å². The molecule has 0 aliphatic carbocycles. The van der Waals surface area contributed by atoms with Crippen LogP contribution in [0.1, 0.15) is 5.56 Å². The van der Waals surface area contributed by atoms with Crippen LogP contribution in [0.15, 0.2) is 18.2 Å². The van der Waals surface area contributed by atoms with Gasteiger partial charge in [0.1, 0.15) is 4.99 Å². The lowest BCUT2D eigenvalue weighted by molar-refractivity contribution is 1.62. The second kappa shape index (κ2) is 3.39. The standard InChI is InChI=1S/C7H5Cl2NS/c8-4-1-2-6(9)5(3-4)7(10)11/h1-3H,(H2,10,11). The van der Waals surface area contributed by atoms with Crippen LogP contribution in [0.5, 0.6) is 0 Å². The van der Waals surface area contributed by atoms with Crippen molar-refractivity contribution in [2.45, 2.75) is 0 Å². The third-order valence-electron chi connectivity index (χ3n) is 1.19. The van der Waals surface area contributed by atoms with Crippen LogP contribution in [0.2, 0.25) is 10.0 Å². The van der Waals surface area contributed by atoms with Gasteiger partial charge in [0.05, 0.1) is 5.02 Å². The Morgan fingerprint density at radius 3 is 2.45 bits per heavy atom. The zero-order chi connectivity index (χ0) is 8.43. The van der Waals surface area contributed by atoms with Crippen LogP contribution < -0.4 is 5.73 Å². The summed E-state index contributed by atoms with van der Waals surface area (Å²) < 4.78 is 0. The molecule has 0 saturated carbocycles. The molecule has 0 spiro atoms. The van der Waals surface area contributed by atoms with Crippen molar-refractivity contribution in [1.82, 2.24) is 0 Å². The molecule has 0 radical (unpaired) electrons. The van der Waals surface area contributed by atoms with Crippen LogP contribution in [-0.4, -0.2) is 4.99 Å². The average molecular weight is 206 g/mol. The van der Waals surface area contributed by atoms with E-state index in [0.29, 0.717) is 15.6 Å². The number of hydrogen-bond acceptors (Lipinski definition) is 1. The van der Waals surface area contributed by atoms with E-state index in [1.807, 2.05) is 0 Å². The SMILES string of the molecule is NC(=S)c1cc(Cl)ccc1Cl. The molecule has 1 aromatic carbocycles. The first-order valence-corrected chi connectivity index (χ1v) is 4.02. The van der Waals surface area contributed by atoms with Gasteiger partial charge in [0.15, 0.2) is 0 Å². The maximum absolute atomic E-state index is 5.77. The Kier molecular flexibility index (Phi) is 2.71. The van der Waals surface area contributed by atoms with Crippen LogP contribution in [0.25, 0.3) is 0 Å². The molecule has 58 valence electrons. The fourth-order valence-corrected chi connectivity index (χ4v) is 1.30. The number of benzene rings is 1. The van der Waals surface area contributed by atoms with Gasteiger partial charge in [0.25, 0.3) is 0 Å². The zero-order valence-electron chi connectivity index (χ0n) is 5.47. The molecule has 0 aromatic heterocycles. The highest BCUT2D eigenvalue weighted by Crippen LogP contribution is 2.19. The Balaban J connectivity index is 3.23. The van der Waals surface area contributed by atoms with Crippen molar-refractivity contribution >= 4 is 40.4 Å². The monoisotopic (exact) mass is 205 g/mol. The molecule has 2 N–H and O–H groups in total.